The number of hydrogen-bond acceptors (Lipinski definition) is 2. The van der Waals surface area contributed by atoms with Crippen LogP contribution in [0.4, 0.5) is 0 Å². The Bertz CT molecular complexity index is 83.3. The molecule has 0 saturated heterocycles. The first kappa shape index (κ1) is 9.66. The van der Waals surface area contributed by atoms with E-state index >= 15 is 0 Å². The number of ether oxygens (including phenoxy) is 1. The fourth-order valence-electron chi connectivity index (χ4n) is 0.753. The van der Waals surface area contributed by atoms with Crippen molar-refractivity contribution in [3.8, 4) is 0 Å². The predicted octanol–water partition coefficient (Wildman–Crippen LogP) is 1.19. The zero-order valence-corrected chi connectivity index (χ0v) is 6.89. The zero-order chi connectivity index (χ0) is 7.82. The van der Waals surface area contributed by atoms with Crippen molar-refractivity contribution in [2.75, 3.05) is 20.2 Å². The van der Waals surface area contributed by atoms with Crippen LogP contribution >= 0.6 is 0 Å². The number of nitrogens with one attached hydrogen (secondary N) is 1. The third-order valence-corrected chi connectivity index (χ3v) is 1.34. The first-order chi connectivity index (χ1) is 4.85. The van der Waals surface area contributed by atoms with E-state index in [-0.39, 0.29) is 0 Å². The quantitative estimate of drug-likeness (QED) is 0.564. The standard InChI is InChI=1S/C8H17NO/c1-4-6-10-8(5-2)7-9-3/h4,8-9H,1,5-7H2,2-3H3. The van der Waals surface area contributed by atoms with Crippen molar-refractivity contribution in [2.24, 2.45) is 0 Å². The van der Waals surface area contributed by atoms with Gasteiger partial charge in [0.2, 0.25) is 0 Å². The maximum Gasteiger partial charge on any atom is 0.0701 e. The molecule has 0 amide bonds. The van der Waals surface area contributed by atoms with Crippen molar-refractivity contribution in [1.29, 1.82) is 0 Å². The maximum atomic E-state index is 5.40. The molecule has 0 aromatic heterocycles. The lowest BCUT2D eigenvalue weighted by atomic mass is 10.3. The minimum absolute atomic E-state index is 0.336. The molecule has 0 radical (unpaired) electrons. The zero-order valence-electron chi connectivity index (χ0n) is 6.89. The molecule has 0 aromatic rings. The molecule has 1 atom stereocenters. The molecule has 0 aromatic carbocycles. The lowest BCUT2D eigenvalue weighted by Gasteiger charge is -2.13. The highest BCUT2D eigenvalue weighted by molar-refractivity contribution is 4.67. The van der Waals surface area contributed by atoms with E-state index in [4.69, 9.17) is 4.74 Å². The molecule has 1 N–H and O–H groups in total. The van der Waals surface area contributed by atoms with Gasteiger partial charge in [0.25, 0.3) is 0 Å². The number of hydrogen-bond donors (Lipinski definition) is 1. The van der Waals surface area contributed by atoms with Gasteiger partial charge in [-0.1, -0.05) is 13.0 Å². The van der Waals surface area contributed by atoms with Gasteiger partial charge in [-0.05, 0) is 13.5 Å². The topological polar surface area (TPSA) is 21.3 Å². The monoisotopic (exact) mass is 143 g/mol. The Balaban J connectivity index is 3.29. The second-order valence-electron chi connectivity index (χ2n) is 2.21. The lowest BCUT2D eigenvalue weighted by molar-refractivity contribution is 0.0729. The number of rotatable bonds is 6. The highest BCUT2D eigenvalue weighted by Crippen LogP contribution is 1.95. The van der Waals surface area contributed by atoms with E-state index in [2.05, 4.69) is 18.8 Å². The molecule has 0 aliphatic heterocycles. The highest BCUT2D eigenvalue weighted by atomic mass is 16.5. The first-order valence-electron chi connectivity index (χ1n) is 3.72. The van der Waals surface area contributed by atoms with Crippen molar-refractivity contribution in [2.45, 2.75) is 19.4 Å². The van der Waals surface area contributed by atoms with Crippen molar-refractivity contribution in [3.63, 3.8) is 0 Å². The van der Waals surface area contributed by atoms with Crippen LogP contribution in [0.15, 0.2) is 12.7 Å². The van der Waals surface area contributed by atoms with Gasteiger partial charge >= 0.3 is 0 Å². The Hall–Kier alpha value is -0.340. The van der Waals surface area contributed by atoms with Crippen LogP contribution in [0.2, 0.25) is 0 Å². The van der Waals surface area contributed by atoms with Crippen molar-refractivity contribution in [3.05, 3.63) is 12.7 Å². The summed E-state index contributed by atoms with van der Waals surface area (Å²) in [4.78, 5) is 0. The van der Waals surface area contributed by atoms with Crippen LogP contribution in [0, 0.1) is 0 Å². The third-order valence-electron chi connectivity index (χ3n) is 1.34. The third kappa shape index (κ3) is 4.53. The van der Waals surface area contributed by atoms with Crippen LogP contribution in [0.1, 0.15) is 13.3 Å². The summed E-state index contributed by atoms with van der Waals surface area (Å²) in [7, 11) is 1.93. The van der Waals surface area contributed by atoms with E-state index in [1.807, 2.05) is 7.05 Å². The summed E-state index contributed by atoms with van der Waals surface area (Å²) in [6, 6.07) is 0. The van der Waals surface area contributed by atoms with Crippen molar-refractivity contribution in [1.82, 2.24) is 5.32 Å². The van der Waals surface area contributed by atoms with Crippen LogP contribution in [0.25, 0.3) is 0 Å². The van der Waals surface area contributed by atoms with Crippen LogP contribution in [0.5, 0.6) is 0 Å². The van der Waals surface area contributed by atoms with E-state index in [1.54, 1.807) is 6.08 Å². The molecule has 2 heteroatoms. The molecule has 10 heavy (non-hydrogen) atoms. The summed E-state index contributed by atoms with van der Waals surface area (Å²) in [6.45, 7) is 7.27. The van der Waals surface area contributed by atoms with Gasteiger partial charge in [-0.15, -0.1) is 6.58 Å². The normalized spacial score (nSPS) is 13.0. The second kappa shape index (κ2) is 6.78. The fourth-order valence-corrected chi connectivity index (χ4v) is 0.753. The summed E-state index contributed by atoms with van der Waals surface area (Å²) in [5.74, 6) is 0. The molecule has 0 heterocycles. The van der Waals surface area contributed by atoms with E-state index < -0.39 is 0 Å². The minimum atomic E-state index is 0.336. The lowest BCUT2D eigenvalue weighted by Crippen LogP contribution is -2.25. The second-order valence-corrected chi connectivity index (χ2v) is 2.21. The molecular weight excluding hydrogens is 126 g/mol. The molecular formula is C8H17NO. The Morgan fingerprint density at radius 1 is 1.70 bits per heavy atom. The van der Waals surface area contributed by atoms with Gasteiger partial charge in [0, 0.05) is 6.54 Å². The van der Waals surface area contributed by atoms with E-state index in [0.29, 0.717) is 12.7 Å². The van der Waals surface area contributed by atoms with E-state index in [9.17, 15) is 0 Å². The van der Waals surface area contributed by atoms with Crippen LogP contribution in [-0.4, -0.2) is 26.3 Å². The summed E-state index contributed by atoms with van der Waals surface area (Å²) in [6.07, 6.45) is 3.16. The molecule has 1 unspecified atom stereocenters. The van der Waals surface area contributed by atoms with Gasteiger partial charge in [-0.25, -0.2) is 0 Å². The first-order valence-corrected chi connectivity index (χ1v) is 3.72. The molecule has 0 saturated carbocycles. The van der Waals surface area contributed by atoms with Crippen LogP contribution < -0.4 is 5.32 Å². The summed E-state index contributed by atoms with van der Waals surface area (Å²) >= 11 is 0. The molecule has 0 bridgehead atoms. The Labute approximate surface area is 63.3 Å². The molecule has 0 spiro atoms. The Morgan fingerprint density at radius 3 is 2.80 bits per heavy atom. The summed E-state index contributed by atoms with van der Waals surface area (Å²) in [5.41, 5.74) is 0. The highest BCUT2D eigenvalue weighted by Gasteiger charge is 2.01. The maximum absolute atomic E-state index is 5.40. The summed E-state index contributed by atoms with van der Waals surface area (Å²) in [5, 5.41) is 3.07. The van der Waals surface area contributed by atoms with Gasteiger partial charge in [0.1, 0.15) is 0 Å². The molecule has 0 fully saturated rings. The van der Waals surface area contributed by atoms with Crippen molar-refractivity contribution >= 4 is 0 Å². The van der Waals surface area contributed by atoms with Crippen LogP contribution in [0.3, 0.4) is 0 Å². The molecule has 0 aliphatic rings. The van der Waals surface area contributed by atoms with E-state index in [1.165, 1.54) is 0 Å². The predicted molar refractivity (Wildman–Crippen MR) is 44.2 cm³/mol. The SMILES string of the molecule is C=CCOC(CC)CNC. The van der Waals surface area contributed by atoms with Gasteiger partial charge < -0.3 is 10.1 Å². The number of likely N-dealkylation sites (N-methyl/N-ethyl adjacent to an activating group) is 1. The van der Waals surface area contributed by atoms with Crippen molar-refractivity contribution < 1.29 is 4.74 Å². The Kier molecular flexibility index (Phi) is 6.55. The molecule has 60 valence electrons. The van der Waals surface area contributed by atoms with Gasteiger partial charge in [0.15, 0.2) is 0 Å². The fraction of sp³-hybridized carbons (Fsp3) is 0.750. The summed E-state index contributed by atoms with van der Waals surface area (Å²) < 4.78 is 5.40. The average molecular weight is 143 g/mol. The average Bonchev–Trinajstić information content (AvgIpc) is 1.98. The van der Waals surface area contributed by atoms with Gasteiger partial charge in [-0.3, -0.25) is 0 Å². The molecule has 0 aliphatic carbocycles. The minimum Gasteiger partial charge on any atom is -0.373 e. The smallest absolute Gasteiger partial charge is 0.0701 e. The van der Waals surface area contributed by atoms with E-state index in [0.717, 1.165) is 13.0 Å². The molecule has 2 nitrogen and oxygen atoms in total. The Morgan fingerprint density at radius 2 is 2.40 bits per heavy atom. The van der Waals surface area contributed by atoms with Gasteiger partial charge in [0.05, 0.1) is 12.7 Å². The van der Waals surface area contributed by atoms with Crippen LogP contribution in [-0.2, 0) is 4.74 Å². The molecule has 0 rings (SSSR count). The largest absolute Gasteiger partial charge is 0.373 e. The van der Waals surface area contributed by atoms with Gasteiger partial charge in [-0.2, -0.15) is 0 Å².